The van der Waals surface area contributed by atoms with Crippen LogP contribution in [0.1, 0.15) is 12.7 Å². The van der Waals surface area contributed by atoms with Crippen LogP contribution in [-0.4, -0.2) is 25.9 Å². The Kier molecular flexibility index (Phi) is 5.67. The molecule has 0 bridgehead atoms. The number of anilines is 1. The quantitative estimate of drug-likeness (QED) is 0.781. The molecule has 0 aliphatic heterocycles. The minimum absolute atomic E-state index is 0.0194. The summed E-state index contributed by atoms with van der Waals surface area (Å²) >= 11 is 12.5. The highest BCUT2D eigenvalue weighted by Gasteiger charge is 2.37. The van der Waals surface area contributed by atoms with Crippen molar-refractivity contribution in [3.63, 3.8) is 0 Å². The second kappa shape index (κ2) is 7.20. The first-order chi connectivity index (χ1) is 11.1. The molecule has 11 heteroatoms. The predicted molar refractivity (Wildman–Crippen MR) is 86.4 cm³/mol. The van der Waals surface area contributed by atoms with Crippen LogP contribution < -0.4 is 5.32 Å². The van der Waals surface area contributed by atoms with Gasteiger partial charge in [0.25, 0.3) is 0 Å². The fourth-order valence-corrected chi connectivity index (χ4v) is 3.09. The van der Waals surface area contributed by atoms with E-state index in [0.29, 0.717) is 15.7 Å². The molecule has 2 aromatic rings. The molecule has 1 aromatic carbocycles. The predicted octanol–water partition coefficient (Wildman–Crippen LogP) is 4.26. The van der Waals surface area contributed by atoms with Crippen LogP contribution in [0.4, 0.5) is 18.9 Å². The van der Waals surface area contributed by atoms with Crippen molar-refractivity contribution in [3.8, 4) is 0 Å². The van der Waals surface area contributed by atoms with Crippen LogP contribution in [0.15, 0.2) is 23.4 Å². The van der Waals surface area contributed by atoms with Gasteiger partial charge in [-0.1, -0.05) is 35.0 Å². The number of carbonyl (C=O) groups excluding carboxylic acids is 1. The van der Waals surface area contributed by atoms with E-state index in [1.807, 2.05) is 0 Å². The van der Waals surface area contributed by atoms with Crippen molar-refractivity contribution in [2.45, 2.75) is 23.5 Å². The van der Waals surface area contributed by atoms with Gasteiger partial charge in [-0.3, -0.25) is 4.79 Å². The second-order valence-electron chi connectivity index (χ2n) is 4.77. The fourth-order valence-electron chi connectivity index (χ4n) is 1.75. The van der Waals surface area contributed by atoms with Gasteiger partial charge < -0.3 is 9.88 Å². The van der Waals surface area contributed by atoms with Gasteiger partial charge in [-0.2, -0.15) is 13.2 Å². The van der Waals surface area contributed by atoms with Gasteiger partial charge in [0.05, 0.1) is 5.25 Å². The van der Waals surface area contributed by atoms with Crippen molar-refractivity contribution >= 4 is 46.6 Å². The Bertz CT molecular complexity index is 746. The molecule has 0 fully saturated rings. The van der Waals surface area contributed by atoms with Gasteiger partial charge in [0.2, 0.25) is 11.7 Å². The first-order valence-electron chi connectivity index (χ1n) is 6.48. The Hall–Kier alpha value is -1.45. The molecule has 2 rings (SSSR count). The molecule has 0 aliphatic carbocycles. The van der Waals surface area contributed by atoms with Crippen LogP contribution in [0, 0.1) is 0 Å². The Morgan fingerprint density at radius 1 is 1.25 bits per heavy atom. The molecule has 0 saturated carbocycles. The Labute approximate surface area is 149 Å². The zero-order chi connectivity index (χ0) is 18.1. The number of rotatable bonds is 4. The first-order valence-corrected chi connectivity index (χ1v) is 8.11. The van der Waals surface area contributed by atoms with Crippen LogP contribution in [-0.2, 0) is 18.0 Å². The van der Waals surface area contributed by atoms with Crippen LogP contribution in [0.2, 0.25) is 10.0 Å². The van der Waals surface area contributed by atoms with Crippen molar-refractivity contribution in [2.24, 2.45) is 7.05 Å². The summed E-state index contributed by atoms with van der Waals surface area (Å²) in [7, 11) is 1.19. The minimum atomic E-state index is -4.61. The summed E-state index contributed by atoms with van der Waals surface area (Å²) in [5.74, 6) is -1.56. The average molecular weight is 399 g/mol. The third-order valence-corrected chi connectivity index (χ3v) is 4.44. The van der Waals surface area contributed by atoms with Crippen molar-refractivity contribution in [1.82, 2.24) is 14.8 Å². The van der Waals surface area contributed by atoms with E-state index in [0.717, 1.165) is 16.3 Å². The number of benzene rings is 1. The number of alkyl halides is 3. The molecule has 1 N–H and O–H groups in total. The summed E-state index contributed by atoms with van der Waals surface area (Å²) in [6, 6.07) is 4.52. The largest absolute Gasteiger partial charge is 0.451 e. The smallest absolute Gasteiger partial charge is 0.325 e. The lowest BCUT2D eigenvalue weighted by Gasteiger charge is -2.12. The summed E-state index contributed by atoms with van der Waals surface area (Å²) < 4.78 is 38.8. The summed E-state index contributed by atoms with van der Waals surface area (Å²) in [6.45, 7) is 1.54. The van der Waals surface area contributed by atoms with E-state index in [-0.39, 0.29) is 5.16 Å². The summed E-state index contributed by atoms with van der Waals surface area (Å²) in [5, 5.41) is 9.13. The molecule has 1 amide bonds. The van der Waals surface area contributed by atoms with E-state index in [2.05, 4.69) is 15.5 Å². The maximum absolute atomic E-state index is 12.7. The maximum atomic E-state index is 12.7. The van der Waals surface area contributed by atoms with Crippen LogP contribution in [0.3, 0.4) is 0 Å². The zero-order valence-electron chi connectivity index (χ0n) is 12.4. The Morgan fingerprint density at radius 2 is 1.83 bits per heavy atom. The van der Waals surface area contributed by atoms with Crippen molar-refractivity contribution in [1.29, 1.82) is 0 Å². The van der Waals surface area contributed by atoms with E-state index in [1.165, 1.54) is 32.2 Å². The number of amides is 1. The SMILES string of the molecule is CC(Sc1nnc(C(F)(F)F)n1C)C(=O)Nc1cc(Cl)cc(Cl)c1. The van der Waals surface area contributed by atoms with Gasteiger partial charge >= 0.3 is 6.18 Å². The van der Waals surface area contributed by atoms with Crippen LogP contribution in [0.5, 0.6) is 0 Å². The van der Waals surface area contributed by atoms with Crippen molar-refractivity contribution in [3.05, 3.63) is 34.1 Å². The second-order valence-corrected chi connectivity index (χ2v) is 6.95. The minimum Gasteiger partial charge on any atom is -0.325 e. The molecule has 0 aliphatic rings. The van der Waals surface area contributed by atoms with Crippen molar-refractivity contribution < 1.29 is 18.0 Å². The van der Waals surface area contributed by atoms with Crippen LogP contribution in [0.25, 0.3) is 0 Å². The number of halogens is 5. The van der Waals surface area contributed by atoms with Gasteiger partial charge in [0.1, 0.15) is 0 Å². The molecule has 24 heavy (non-hydrogen) atoms. The lowest BCUT2D eigenvalue weighted by Crippen LogP contribution is -2.23. The molecule has 0 radical (unpaired) electrons. The molecule has 1 heterocycles. The number of thioether (sulfide) groups is 1. The highest BCUT2D eigenvalue weighted by molar-refractivity contribution is 8.00. The maximum Gasteiger partial charge on any atom is 0.451 e. The summed E-state index contributed by atoms with van der Waals surface area (Å²) in [6.07, 6.45) is -4.61. The molecular formula is C13H11Cl2F3N4OS. The van der Waals surface area contributed by atoms with Crippen molar-refractivity contribution in [2.75, 3.05) is 5.32 Å². The van der Waals surface area contributed by atoms with Gasteiger partial charge in [-0.15, -0.1) is 10.2 Å². The average Bonchev–Trinajstić information content (AvgIpc) is 2.78. The standard InChI is InChI=1S/C13H11Cl2F3N4OS/c1-6(10(23)19-9-4-7(14)3-8(15)5-9)24-12-21-20-11(22(12)2)13(16,17)18/h3-6H,1-2H3,(H,19,23). The van der Waals surface area contributed by atoms with E-state index in [9.17, 15) is 18.0 Å². The van der Waals surface area contributed by atoms with E-state index < -0.39 is 23.2 Å². The highest BCUT2D eigenvalue weighted by Crippen LogP contribution is 2.31. The first kappa shape index (κ1) is 18.9. The summed E-state index contributed by atoms with van der Waals surface area (Å²) in [4.78, 5) is 12.2. The molecular weight excluding hydrogens is 388 g/mol. The molecule has 1 unspecified atom stereocenters. The van der Waals surface area contributed by atoms with Gasteiger partial charge in [0.15, 0.2) is 5.16 Å². The number of aromatic nitrogens is 3. The monoisotopic (exact) mass is 398 g/mol. The van der Waals surface area contributed by atoms with Gasteiger partial charge in [-0.25, -0.2) is 0 Å². The Balaban J connectivity index is 2.08. The number of hydrogen-bond acceptors (Lipinski definition) is 4. The lowest BCUT2D eigenvalue weighted by atomic mass is 10.3. The molecule has 0 spiro atoms. The highest BCUT2D eigenvalue weighted by atomic mass is 35.5. The third kappa shape index (κ3) is 4.55. The normalized spacial score (nSPS) is 13.0. The topological polar surface area (TPSA) is 59.8 Å². The molecule has 5 nitrogen and oxygen atoms in total. The number of carbonyl (C=O) groups is 1. The van der Waals surface area contributed by atoms with Gasteiger partial charge in [-0.05, 0) is 25.1 Å². The fraction of sp³-hybridized carbons (Fsp3) is 0.308. The molecule has 1 aromatic heterocycles. The Morgan fingerprint density at radius 3 is 2.33 bits per heavy atom. The lowest BCUT2D eigenvalue weighted by molar-refractivity contribution is -0.147. The number of nitrogens with zero attached hydrogens (tertiary/aromatic N) is 3. The summed E-state index contributed by atoms with van der Waals surface area (Å²) in [5.41, 5.74) is 0.388. The third-order valence-electron chi connectivity index (χ3n) is 2.87. The van der Waals surface area contributed by atoms with E-state index >= 15 is 0 Å². The molecule has 1 atom stereocenters. The van der Waals surface area contributed by atoms with E-state index in [1.54, 1.807) is 0 Å². The van der Waals surface area contributed by atoms with E-state index in [4.69, 9.17) is 23.2 Å². The zero-order valence-corrected chi connectivity index (χ0v) is 14.7. The number of nitrogens with one attached hydrogen (secondary N) is 1. The molecule has 130 valence electrons. The molecule has 0 saturated heterocycles. The van der Waals surface area contributed by atoms with Gasteiger partial charge in [0, 0.05) is 22.8 Å². The van der Waals surface area contributed by atoms with Crippen LogP contribution >= 0.6 is 35.0 Å². The number of hydrogen-bond donors (Lipinski definition) is 1.